The van der Waals surface area contributed by atoms with Gasteiger partial charge in [0.25, 0.3) is 0 Å². The summed E-state index contributed by atoms with van der Waals surface area (Å²) in [7, 11) is 0. The normalized spacial score (nSPS) is 23.1. The van der Waals surface area contributed by atoms with E-state index in [1.54, 1.807) is 38.2 Å². The van der Waals surface area contributed by atoms with Crippen LogP contribution in [-0.2, 0) is 40.0 Å². The molecule has 0 bridgehead atoms. The van der Waals surface area contributed by atoms with Crippen LogP contribution in [0.4, 0.5) is 0 Å². The van der Waals surface area contributed by atoms with Crippen molar-refractivity contribution in [2.24, 2.45) is 17.6 Å². The lowest BCUT2D eigenvalue weighted by Gasteiger charge is -2.30. The number of fused-ring (bicyclic) bond motifs is 1. The predicted octanol–water partition coefficient (Wildman–Crippen LogP) is -1.36. The van der Waals surface area contributed by atoms with E-state index in [1.807, 2.05) is 13.8 Å². The van der Waals surface area contributed by atoms with Crippen LogP contribution in [0, 0.1) is 11.8 Å². The third kappa shape index (κ3) is 13.0. The van der Waals surface area contributed by atoms with Crippen molar-refractivity contribution in [3.63, 3.8) is 0 Å². The summed E-state index contributed by atoms with van der Waals surface area (Å²) >= 11 is 6.22. The van der Waals surface area contributed by atoms with Crippen molar-refractivity contribution in [3.05, 3.63) is 35.0 Å². The Bertz CT molecular complexity index is 1670. The maximum atomic E-state index is 13.9. The molecule has 6 amide bonds. The van der Waals surface area contributed by atoms with Gasteiger partial charge in [-0.15, -0.1) is 0 Å². The van der Waals surface area contributed by atoms with E-state index in [-0.39, 0.29) is 32.2 Å². The molecule has 10 N–H and O–H groups in total. The number of carboxylic acid groups (broad SMARTS) is 1. The molecule has 0 spiro atoms. The SMILES string of the molecule is CC(C)CCC[C@@H]1NC(=O)CNC(=O)[C@@H](Cc2c[nH]c3ccc(Cl)cc23)NC(=O)[C@@H]([C@H](O)CC(=O)[O-])NC(=O)[C@@H](CCCN)NC(=O)[C@@H](C(C)C)NC1=O. The number of aliphatic hydroxyl groups excluding tert-OH is 1. The zero-order valence-electron chi connectivity index (χ0n) is 31.0. The molecule has 298 valence electrons. The first-order chi connectivity index (χ1) is 25.5. The first-order valence-corrected chi connectivity index (χ1v) is 18.5. The van der Waals surface area contributed by atoms with Crippen molar-refractivity contribution < 1.29 is 43.8 Å². The fraction of sp³-hybridized carbons (Fsp3) is 0.583. The molecule has 1 fully saturated rings. The summed E-state index contributed by atoms with van der Waals surface area (Å²) in [5.41, 5.74) is 6.89. The van der Waals surface area contributed by atoms with E-state index in [0.29, 0.717) is 33.8 Å². The van der Waals surface area contributed by atoms with Crippen LogP contribution < -0.4 is 42.7 Å². The van der Waals surface area contributed by atoms with Gasteiger partial charge in [-0.25, -0.2) is 0 Å². The minimum atomic E-state index is -2.04. The molecule has 1 aliphatic rings. The number of aromatic nitrogens is 1. The average Bonchev–Trinajstić information content (AvgIpc) is 3.49. The number of aliphatic hydroxyl groups is 1. The van der Waals surface area contributed by atoms with Crippen molar-refractivity contribution >= 4 is 63.9 Å². The lowest BCUT2D eigenvalue weighted by atomic mass is 9.99. The fourth-order valence-corrected chi connectivity index (χ4v) is 6.24. The Morgan fingerprint density at radius 2 is 1.46 bits per heavy atom. The third-order valence-corrected chi connectivity index (χ3v) is 9.29. The van der Waals surface area contributed by atoms with Gasteiger partial charge in [-0.1, -0.05) is 52.1 Å². The standard InChI is InChI=1S/C36H53ClN8O9/c1-18(2)7-5-8-24-33(51)44-30(19(3)4)35(53)42-25(9-6-12-38)34(52)45-31(27(46)15-29(48)49)36(54)43-26(32(50)40-17-28(47)41-24)13-20-16-39-23-11-10-21(37)14-22(20)23/h10-11,14,16,18-19,24-27,30-31,39,46H,5-9,12-13,15,17,38H2,1-4H3,(H,40,50)(H,41,47)(H,42,53)(H,43,54)(H,44,51)(H,45,52)(H,48,49)/p-1/t24-,25+,26+,27+,30+,31+/m0/s1. The number of H-pyrrole nitrogens is 1. The number of carboxylic acids is 1. The number of nitrogens with two attached hydrogens (primary N) is 1. The lowest BCUT2D eigenvalue weighted by molar-refractivity contribution is -0.307. The number of carbonyl (C=O) groups is 7. The van der Waals surface area contributed by atoms with Crippen LogP contribution in [-0.4, -0.2) is 101 Å². The molecule has 0 radical (unpaired) electrons. The maximum absolute atomic E-state index is 13.9. The quantitative estimate of drug-likeness (QED) is 0.115. The molecular weight excluding hydrogens is 724 g/mol. The average molecular weight is 776 g/mol. The molecule has 3 rings (SSSR count). The second-order valence-electron chi connectivity index (χ2n) is 14.3. The van der Waals surface area contributed by atoms with E-state index in [4.69, 9.17) is 17.3 Å². The number of hydrogen-bond acceptors (Lipinski definition) is 10. The highest BCUT2D eigenvalue weighted by Crippen LogP contribution is 2.23. The van der Waals surface area contributed by atoms with Crippen molar-refractivity contribution in [2.45, 2.75) is 109 Å². The van der Waals surface area contributed by atoms with Crippen LogP contribution in [0.2, 0.25) is 5.02 Å². The molecule has 6 atom stereocenters. The number of hydrogen-bond donors (Lipinski definition) is 9. The highest BCUT2D eigenvalue weighted by atomic mass is 35.5. The van der Waals surface area contributed by atoms with Crippen molar-refractivity contribution in [3.8, 4) is 0 Å². The number of aliphatic carboxylic acids is 1. The molecule has 0 unspecified atom stereocenters. The van der Waals surface area contributed by atoms with E-state index < -0.39 is 96.6 Å². The van der Waals surface area contributed by atoms with Gasteiger partial charge in [0.2, 0.25) is 35.4 Å². The minimum Gasteiger partial charge on any atom is -0.550 e. The van der Waals surface area contributed by atoms with E-state index in [9.17, 15) is 43.8 Å². The number of aromatic amines is 1. The molecule has 54 heavy (non-hydrogen) atoms. The molecule has 2 aromatic rings. The summed E-state index contributed by atoms with van der Waals surface area (Å²) in [6.07, 6.45) is 0.0619. The van der Waals surface area contributed by atoms with Crippen LogP contribution in [0.3, 0.4) is 0 Å². The molecule has 1 saturated heterocycles. The van der Waals surface area contributed by atoms with Crippen molar-refractivity contribution in [1.29, 1.82) is 0 Å². The van der Waals surface area contributed by atoms with Crippen molar-refractivity contribution in [2.75, 3.05) is 13.1 Å². The number of halogens is 1. The molecule has 0 saturated carbocycles. The number of rotatable bonds is 13. The molecule has 18 heteroatoms. The highest BCUT2D eigenvalue weighted by molar-refractivity contribution is 6.31. The minimum absolute atomic E-state index is 0.0280. The third-order valence-electron chi connectivity index (χ3n) is 9.05. The first kappa shape index (κ1) is 43.7. The highest BCUT2D eigenvalue weighted by Gasteiger charge is 2.36. The number of benzene rings is 1. The van der Waals surface area contributed by atoms with Crippen LogP contribution in [0.5, 0.6) is 0 Å². The topological polar surface area (TPSA) is 277 Å². The second-order valence-corrected chi connectivity index (χ2v) is 14.7. The van der Waals surface area contributed by atoms with Gasteiger partial charge in [0.15, 0.2) is 0 Å². The van der Waals surface area contributed by atoms with Gasteiger partial charge in [-0.2, -0.15) is 0 Å². The van der Waals surface area contributed by atoms with Gasteiger partial charge in [0, 0.05) is 40.9 Å². The Kier molecular flexibility index (Phi) is 16.7. The number of nitrogens with one attached hydrogen (secondary N) is 7. The molecule has 1 aromatic heterocycles. The van der Waals surface area contributed by atoms with E-state index in [2.05, 4.69) is 36.9 Å². The van der Waals surface area contributed by atoms with Crippen LogP contribution in [0.25, 0.3) is 10.9 Å². The zero-order valence-corrected chi connectivity index (χ0v) is 31.7. The summed E-state index contributed by atoms with van der Waals surface area (Å²) in [4.78, 5) is 96.4. The van der Waals surface area contributed by atoms with Gasteiger partial charge in [-0.05, 0) is 61.4 Å². The molecule has 17 nitrogen and oxygen atoms in total. The Balaban J connectivity index is 2.07. The monoisotopic (exact) mass is 775 g/mol. The zero-order chi connectivity index (χ0) is 40.1. The molecule has 1 aromatic carbocycles. The summed E-state index contributed by atoms with van der Waals surface area (Å²) in [6, 6.07) is -1.97. The molecule has 1 aliphatic heterocycles. The Labute approximate surface area is 318 Å². The molecule has 2 heterocycles. The number of carbonyl (C=O) groups excluding carboxylic acids is 7. The fourth-order valence-electron chi connectivity index (χ4n) is 6.07. The van der Waals surface area contributed by atoms with Crippen molar-refractivity contribution in [1.82, 2.24) is 36.9 Å². The summed E-state index contributed by atoms with van der Waals surface area (Å²) in [6.45, 7) is 6.89. The summed E-state index contributed by atoms with van der Waals surface area (Å²) in [5, 5.41) is 38.6. The van der Waals surface area contributed by atoms with Gasteiger partial charge < -0.3 is 57.6 Å². The lowest BCUT2D eigenvalue weighted by Crippen LogP contribution is -2.63. The molecule has 0 aliphatic carbocycles. The van der Waals surface area contributed by atoms with Gasteiger partial charge in [-0.3, -0.25) is 28.8 Å². The summed E-state index contributed by atoms with van der Waals surface area (Å²) < 4.78 is 0. The van der Waals surface area contributed by atoms with E-state index in [0.717, 1.165) is 6.42 Å². The van der Waals surface area contributed by atoms with Gasteiger partial charge in [0.05, 0.1) is 12.6 Å². The summed E-state index contributed by atoms with van der Waals surface area (Å²) in [5.74, 6) is -6.96. The maximum Gasteiger partial charge on any atom is 0.245 e. The van der Waals surface area contributed by atoms with Gasteiger partial charge >= 0.3 is 0 Å². The van der Waals surface area contributed by atoms with Crippen LogP contribution in [0.15, 0.2) is 24.4 Å². The smallest absolute Gasteiger partial charge is 0.245 e. The first-order valence-electron chi connectivity index (χ1n) is 18.1. The number of amides is 6. The Morgan fingerprint density at radius 3 is 2.09 bits per heavy atom. The molecular formula is C36H52ClN8O9-. The van der Waals surface area contributed by atoms with E-state index >= 15 is 0 Å². The van der Waals surface area contributed by atoms with Crippen LogP contribution in [0.1, 0.15) is 71.8 Å². The predicted molar refractivity (Wildman–Crippen MR) is 197 cm³/mol. The Morgan fingerprint density at radius 1 is 0.852 bits per heavy atom. The largest absolute Gasteiger partial charge is 0.550 e. The van der Waals surface area contributed by atoms with E-state index in [1.165, 1.54) is 0 Å². The second kappa shape index (κ2) is 20.6. The Hall–Kier alpha value is -4.74. The van der Waals surface area contributed by atoms with Crippen LogP contribution >= 0.6 is 11.6 Å². The van der Waals surface area contributed by atoms with Gasteiger partial charge in [0.1, 0.15) is 30.2 Å².